The van der Waals surface area contributed by atoms with Gasteiger partial charge in [-0.2, -0.15) is 5.26 Å². The fourth-order valence-electron chi connectivity index (χ4n) is 3.83. The zero-order valence-electron chi connectivity index (χ0n) is 20.4. The van der Waals surface area contributed by atoms with Gasteiger partial charge in [0.25, 0.3) is 11.6 Å². The number of nitro benzene ring substituents is 1. The Kier molecular flexibility index (Phi) is 7.45. The Balaban J connectivity index is 1.60. The number of fused-ring (bicyclic) bond motifs is 1. The lowest BCUT2D eigenvalue weighted by Gasteiger charge is -2.12. The van der Waals surface area contributed by atoms with E-state index in [-0.39, 0.29) is 17.0 Å². The highest BCUT2D eigenvalue weighted by Gasteiger charge is 2.17. The fraction of sp³-hybridized carbons (Fsp3) is 0.0690. The Labute approximate surface area is 217 Å². The SMILES string of the molecule is COc1ccc(/C=C(/C#N)C(=O)Nc2ccc([N+](=O)[O-])cc2C)cc1OC(=O)c1cccc2ccccc12. The van der Waals surface area contributed by atoms with Crippen LogP contribution in [0.2, 0.25) is 0 Å². The maximum Gasteiger partial charge on any atom is 0.344 e. The van der Waals surface area contributed by atoms with Crippen LogP contribution in [0.3, 0.4) is 0 Å². The average Bonchev–Trinajstić information content (AvgIpc) is 2.92. The molecule has 0 unspecified atom stereocenters. The average molecular weight is 508 g/mol. The van der Waals surface area contributed by atoms with Crippen LogP contribution in [-0.4, -0.2) is 23.9 Å². The number of aryl methyl sites for hydroxylation is 1. The predicted molar refractivity (Wildman–Crippen MR) is 142 cm³/mol. The highest BCUT2D eigenvalue weighted by Crippen LogP contribution is 2.31. The first-order valence-corrected chi connectivity index (χ1v) is 11.4. The second-order valence-corrected chi connectivity index (χ2v) is 8.21. The lowest BCUT2D eigenvalue weighted by atomic mass is 10.0. The van der Waals surface area contributed by atoms with E-state index in [1.165, 1.54) is 37.5 Å². The van der Waals surface area contributed by atoms with Crippen molar-refractivity contribution in [3.05, 3.63) is 111 Å². The Morgan fingerprint density at radius 2 is 1.76 bits per heavy atom. The van der Waals surface area contributed by atoms with Crippen LogP contribution in [0.1, 0.15) is 21.5 Å². The molecule has 38 heavy (non-hydrogen) atoms. The molecule has 0 heterocycles. The standard InChI is InChI=1S/C29H21N3O6/c1-18-14-22(32(35)36)11-12-25(18)31-28(33)21(17-30)15-19-10-13-26(37-2)27(16-19)38-29(34)24-9-5-7-20-6-3-4-8-23(20)24/h3-16H,1-2H3,(H,31,33)/b21-15-. The number of anilines is 1. The molecule has 4 rings (SSSR count). The van der Waals surface area contributed by atoms with Gasteiger partial charge in [-0.3, -0.25) is 14.9 Å². The fourth-order valence-corrected chi connectivity index (χ4v) is 3.83. The second kappa shape index (κ2) is 11.1. The first kappa shape index (κ1) is 25.6. The van der Waals surface area contributed by atoms with E-state index in [0.717, 1.165) is 10.8 Å². The molecule has 0 bridgehead atoms. The van der Waals surface area contributed by atoms with Crippen molar-refractivity contribution in [3.8, 4) is 17.6 Å². The lowest BCUT2D eigenvalue weighted by molar-refractivity contribution is -0.384. The summed E-state index contributed by atoms with van der Waals surface area (Å²) in [6, 6.07) is 23.3. The molecule has 188 valence electrons. The summed E-state index contributed by atoms with van der Waals surface area (Å²) < 4.78 is 11.0. The molecular weight excluding hydrogens is 486 g/mol. The summed E-state index contributed by atoms with van der Waals surface area (Å²) in [4.78, 5) is 36.2. The van der Waals surface area contributed by atoms with Crippen LogP contribution in [0.25, 0.3) is 16.8 Å². The van der Waals surface area contributed by atoms with Crippen LogP contribution in [-0.2, 0) is 4.79 Å². The maximum atomic E-state index is 13.0. The summed E-state index contributed by atoms with van der Waals surface area (Å²) in [6.45, 7) is 1.61. The number of benzene rings is 4. The van der Waals surface area contributed by atoms with Crippen LogP contribution >= 0.6 is 0 Å². The zero-order valence-corrected chi connectivity index (χ0v) is 20.4. The summed E-state index contributed by atoms with van der Waals surface area (Å²) in [5.74, 6) is -0.883. The number of carbonyl (C=O) groups excluding carboxylic acids is 2. The number of hydrogen-bond acceptors (Lipinski definition) is 7. The lowest BCUT2D eigenvalue weighted by Crippen LogP contribution is -2.14. The van der Waals surface area contributed by atoms with Crippen molar-refractivity contribution in [2.45, 2.75) is 6.92 Å². The van der Waals surface area contributed by atoms with Gasteiger partial charge in [0.15, 0.2) is 11.5 Å². The number of ether oxygens (including phenoxy) is 2. The van der Waals surface area contributed by atoms with Gasteiger partial charge in [-0.25, -0.2) is 4.79 Å². The Bertz CT molecular complexity index is 1650. The molecule has 0 aliphatic heterocycles. The Hall–Kier alpha value is -5.49. The summed E-state index contributed by atoms with van der Waals surface area (Å²) in [7, 11) is 1.43. The maximum absolute atomic E-state index is 13.0. The van der Waals surface area contributed by atoms with Gasteiger partial charge in [-0.15, -0.1) is 0 Å². The minimum Gasteiger partial charge on any atom is -0.493 e. The van der Waals surface area contributed by atoms with Crippen molar-refractivity contribution in [2.75, 3.05) is 12.4 Å². The molecule has 4 aromatic carbocycles. The van der Waals surface area contributed by atoms with Gasteiger partial charge in [-0.05, 0) is 59.2 Å². The number of nitro groups is 1. The van der Waals surface area contributed by atoms with E-state index < -0.39 is 16.8 Å². The number of esters is 1. The third-order valence-electron chi connectivity index (χ3n) is 5.74. The minimum absolute atomic E-state index is 0.111. The smallest absolute Gasteiger partial charge is 0.344 e. The topological polar surface area (TPSA) is 132 Å². The first-order chi connectivity index (χ1) is 18.3. The number of nitrogens with one attached hydrogen (secondary N) is 1. The van der Waals surface area contributed by atoms with Crippen LogP contribution < -0.4 is 14.8 Å². The van der Waals surface area contributed by atoms with Crippen LogP contribution in [0.4, 0.5) is 11.4 Å². The van der Waals surface area contributed by atoms with E-state index in [1.807, 2.05) is 36.4 Å². The second-order valence-electron chi connectivity index (χ2n) is 8.21. The van der Waals surface area contributed by atoms with Crippen LogP contribution in [0.5, 0.6) is 11.5 Å². The molecule has 4 aromatic rings. The van der Waals surface area contributed by atoms with Gasteiger partial charge in [0.2, 0.25) is 0 Å². The molecule has 1 amide bonds. The molecule has 9 nitrogen and oxygen atoms in total. The number of hydrogen-bond donors (Lipinski definition) is 1. The third-order valence-corrected chi connectivity index (χ3v) is 5.74. The largest absolute Gasteiger partial charge is 0.493 e. The first-order valence-electron chi connectivity index (χ1n) is 11.4. The van der Waals surface area contributed by atoms with Gasteiger partial charge in [0.05, 0.1) is 17.6 Å². The Morgan fingerprint density at radius 1 is 1.00 bits per heavy atom. The van der Waals surface area contributed by atoms with Crippen molar-refractivity contribution in [3.63, 3.8) is 0 Å². The number of non-ortho nitro benzene ring substituents is 1. The zero-order chi connectivity index (χ0) is 27.2. The number of nitriles is 1. The summed E-state index contributed by atoms with van der Waals surface area (Å²) in [5.41, 5.74) is 1.26. The number of nitrogens with zero attached hydrogens (tertiary/aromatic N) is 2. The van der Waals surface area contributed by atoms with Gasteiger partial charge in [0, 0.05) is 17.8 Å². The van der Waals surface area contributed by atoms with E-state index in [2.05, 4.69) is 5.32 Å². The monoisotopic (exact) mass is 507 g/mol. The predicted octanol–water partition coefficient (Wildman–Crippen LogP) is 5.83. The van der Waals surface area contributed by atoms with Gasteiger partial charge in [0.1, 0.15) is 11.6 Å². The van der Waals surface area contributed by atoms with Crippen molar-refractivity contribution in [2.24, 2.45) is 0 Å². The van der Waals surface area contributed by atoms with Gasteiger partial charge in [-0.1, -0.05) is 42.5 Å². The van der Waals surface area contributed by atoms with Crippen molar-refractivity contribution >= 4 is 40.1 Å². The van der Waals surface area contributed by atoms with Gasteiger partial charge < -0.3 is 14.8 Å². The third kappa shape index (κ3) is 5.50. The molecule has 0 aliphatic rings. The van der Waals surface area contributed by atoms with E-state index in [9.17, 15) is 25.0 Å². The molecule has 1 N–H and O–H groups in total. The van der Waals surface area contributed by atoms with Crippen molar-refractivity contribution in [1.82, 2.24) is 0 Å². The molecule has 0 saturated carbocycles. The number of carbonyl (C=O) groups is 2. The van der Waals surface area contributed by atoms with Crippen molar-refractivity contribution in [1.29, 1.82) is 5.26 Å². The van der Waals surface area contributed by atoms with Crippen molar-refractivity contribution < 1.29 is 24.0 Å². The molecule has 0 spiro atoms. The number of methoxy groups -OCH3 is 1. The molecule has 0 radical (unpaired) electrons. The van der Waals surface area contributed by atoms with Crippen LogP contribution in [0, 0.1) is 28.4 Å². The Morgan fingerprint density at radius 3 is 2.47 bits per heavy atom. The molecule has 0 aromatic heterocycles. The van der Waals surface area contributed by atoms with Gasteiger partial charge >= 0.3 is 5.97 Å². The molecular formula is C29H21N3O6. The minimum atomic E-state index is -0.699. The van der Waals surface area contributed by atoms with E-state index in [1.54, 1.807) is 31.2 Å². The van der Waals surface area contributed by atoms with Crippen LogP contribution in [0.15, 0.2) is 84.4 Å². The normalized spacial score (nSPS) is 10.9. The molecule has 0 fully saturated rings. The van der Waals surface area contributed by atoms with E-state index in [0.29, 0.717) is 28.1 Å². The van der Waals surface area contributed by atoms with E-state index >= 15 is 0 Å². The highest BCUT2D eigenvalue weighted by molar-refractivity contribution is 6.10. The van der Waals surface area contributed by atoms with E-state index in [4.69, 9.17) is 9.47 Å². The quantitative estimate of drug-likeness (QED) is 0.0831. The highest BCUT2D eigenvalue weighted by atomic mass is 16.6. The molecule has 0 atom stereocenters. The summed E-state index contributed by atoms with van der Waals surface area (Å²) in [6.07, 6.45) is 1.34. The number of amides is 1. The molecule has 0 saturated heterocycles. The number of rotatable bonds is 7. The molecule has 9 heteroatoms. The molecule has 0 aliphatic carbocycles. The summed E-state index contributed by atoms with van der Waals surface area (Å²) >= 11 is 0. The summed E-state index contributed by atoms with van der Waals surface area (Å²) in [5, 5.41) is 24.8.